The fraction of sp³-hybridized carbons (Fsp3) is 0.455. The third-order valence-corrected chi connectivity index (χ3v) is 2.69. The van der Waals surface area contributed by atoms with Crippen LogP contribution >= 0.6 is 0 Å². The van der Waals surface area contributed by atoms with E-state index >= 15 is 0 Å². The second-order valence-electron chi connectivity index (χ2n) is 4.61. The van der Waals surface area contributed by atoms with Gasteiger partial charge < -0.3 is 10.2 Å². The van der Waals surface area contributed by atoms with Gasteiger partial charge in [-0.05, 0) is 19.1 Å². The Labute approximate surface area is 117 Å². The Morgan fingerprint density at radius 3 is 2.57 bits per heavy atom. The summed E-state index contributed by atoms with van der Waals surface area (Å²) in [5.74, 6) is -1.32. The molecule has 0 aliphatic rings. The highest BCUT2D eigenvalue weighted by molar-refractivity contribution is 5.83. The van der Waals surface area contributed by atoms with Gasteiger partial charge in [0.05, 0.1) is 0 Å². The van der Waals surface area contributed by atoms with E-state index in [-0.39, 0.29) is 17.4 Å². The summed E-state index contributed by atoms with van der Waals surface area (Å²) in [6, 6.07) is 2.14. The van der Waals surface area contributed by atoms with Gasteiger partial charge in [0.2, 0.25) is 5.91 Å². The lowest BCUT2D eigenvalue weighted by atomic mass is 10.3. The van der Waals surface area contributed by atoms with Crippen molar-refractivity contribution in [1.82, 2.24) is 24.7 Å². The molecule has 2 heterocycles. The molecule has 1 N–H and O–H groups in total. The molecule has 7 nitrogen and oxygen atoms in total. The van der Waals surface area contributed by atoms with Gasteiger partial charge in [0, 0.05) is 14.1 Å². The van der Waals surface area contributed by atoms with Crippen LogP contribution in [0, 0.1) is 0 Å². The number of carbonyl (C=O) groups is 1. The Balaban J connectivity index is 2.32. The van der Waals surface area contributed by atoms with Crippen molar-refractivity contribution >= 4 is 17.4 Å². The molecule has 0 saturated carbocycles. The van der Waals surface area contributed by atoms with E-state index in [1.54, 1.807) is 21.0 Å². The van der Waals surface area contributed by atoms with Gasteiger partial charge in [0.15, 0.2) is 5.65 Å². The number of halogens is 3. The summed E-state index contributed by atoms with van der Waals surface area (Å²) in [4.78, 5) is 13.1. The number of alkyl halides is 3. The van der Waals surface area contributed by atoms with Gasteiger partial charge in [-0.2, -0.15) is 17.7 Å². The van der Waals surface area contributed by atoms with Crippen LogP contribution in [0.2, 0.25) is 0 Å². The second-order valence-corrected chi connectivity index (χ2v) is 4.61. The maximum atomic E-state index is 12.7. The third-order valence-electron chi connectivity index (χ3n) is 2.69. The summed E-state index contributed by atoms with van der Waals surface area (Å²) in [7, 11) is 3.16. The smallest absolute Gasteiger partial charge is 0.357 e. The van der Waals surface area contributed by atoms with Gasteiger partial charge >= 0.3 is 6.18 Å². The standard InChI is InChI=1S/C11H13F3N6O/c1-6(9(21)19(2)3)15-7-4-5-8-16-17-10(11(12,13)14)20(8)18-7/h4-6H,1-3H3,(H,15,18)/t6-/m0/s1. The van der Waals surface area contributed by atoms with Crippen LogP contribution < -0.4 is 5.32 Å². The molecule has 2 aromatic rings. The number of amides is 1. The van der Waals surface area contributed by atoms with Crippen LogP contribution in [0.25, 0.3) is 5.65 Å². The Morgan fingerprint density at radius 1 is 1.33 bits per heavy atom. The number of anilines is 1. The topological polar surface area (TPSA) is 75.4 Å². The third kappa shape index (κ3) is 3.03. The summed E-state index contributed by atoms with van der Waals surface area (Å²) in [5, 5.41) is 13.0. The highest BCUT2D eigenvalue weighted by atomic mass is 19.4. The van der Waals surface area contributed by atoms with E-state index < -0.39 is 18.0 Å². The lowest BCUT2D eigenvalue weighted by molar-refractivity contribution is -0.146. The maximum Gasteiger partial charge on any atom is 0.453 e. The summed E-state index contributed by atoms with van der Waals surface area (Å²) in [5.41, 5.74) is -0.0283. The molecule has 1 atom stereocenters. The van der Waals surface area contributed by atoms with E-state index in [2.05, 4.69) is 20.6 Å². The lowest BCUT2D eigenvalue weighted by Crippen LogP contribution is -2.37. The summed E-state index contributed by atoms with van der Waals surface area (Å²) in [6.45, 7) is 1.59. The van der Waals surface area contributed by atoms with Gasteiger partial charge in [-0.1, -0.05) is 0 Å². The number of hydrogen-bond donors (Lipinski definition) is 1. The maximum absolute atomic E-state index is 12.7. The Morgan fingerprint density at radius 2 is 2.00 bits per heavy atom. The second kappa shape index (κ2) is 5.19. The number of hydrogen-bond acceptors (Lipinski definition) is 5. The zero-order chi connectivity index (χ0) is 15.8. The first kappa shape index (κ1) is 15.0. The van der Waals surface area contributed by atoms with Crippen LogP contribution in [-0.2, 0) is 11.0 Å². The van der Waals surface area contributed by atoms with Crippen molar-refractivity contribution < 1.29 is 18.0 Å². The van der Waals surface area contributed by atoms with Crippen molar-refractivity contribution in [3.05, 3.63) is 18.0 Å². The summed E-state index contributed by atoms with van der Waals surface area (Å²) in [6.07, 6.45) is -4.66. The first-order valence-electron chi connectivity index (χ1n) is 5.97. The number of carbonyl (C=O) groups excluding carboxylic acids is 1. The molecular formula is C11H13F3N6O. The lowest BCUT2D eigenvalue weighted by Gasteiger charge is -2.18. The van der Waals surface area contributed by atoms with Crippen molar-refractivity contribution in [2.45, 2.75) is 19.1 Å². The van der Waals surface area contributed by atoms with Crippen LogP contribution in [0.5, 0.6) is 0 Å². The van der Waals surface area contributed by atoms with Gasteiger partial charge in [-0.15, -0.1) is 15.3 Å². The Hall–Kier alpha value is -2.39. The quantitative estimate of drug-likeness (QED) is 0.916. The molecule has 0 radical (unpaired) electrons. The Kier molecular flexibility index (Phi) is 3.71. The fourth-order valence-corrected chi connectivity index (χ4v) is 1.71. The molecule has 0 saturated heterocycles. The molecule has 0 aromatic carbocycles. The van der Waals surface area contributed by atoms with E-state index in [1.807, 2.05) is 0 Å². The highest BCUT2D eigenvalue weighted by Gasteiger charge is 2.37. The van der Waals surface area contributed by atoms with Gasteiger partial charge in [0.25, 0.3) is 5.82 Å². The van der Waals surface area contributed by atoms with Crippen molar-refractivity contribution in [1.29, 1.82) is 0 Å². The molecule has 2 aromatic heterocycles. The molecule has 1 amide bonds. The normalized spacial score (nSPS) is 13.2. The van der Waals surface area contributed by atoms with Crippen molar-refractivity contribution in [2.24, 2.45) is 0 Å². The van der Waals surface area contributed by atoms with E-state index in [4.69, 9.17) is 0 Å². The first-order chi connectivity index (χ1) is 9.70. The van der Waals surface area contributed by atoms with Crippen molar-refractivity contribution in [3.8, 4) is 0 Å². The van der Waals surface area contributed by atoms with Crippen molar-refractivity contribution in [3.63, 3.8) is 0 Å². The van der Waals surface area contributed by atoms with Gasteiger partial charge in [0.1, 0.15) is 11.9 Å². The molecule has 0 fully saturated rings. The molecule has 21 heavy (non-hydrogen) atoms. The number of fused-ring (bicyclic) bond motifs is 1. The fourth-order valence-electron chi connectivity index (χ4n) is 1.71. The van der Waals surface area contributed by atoms with Crippen LogP contribution in [0.3, 0.4) is 0 Å². The molecule has 2 rings (SSSR count). The minimum Gasteiger partial charge on any atom is -0.357 e. The number of likely N-dealkylation sites (N-methyl/N-ethyl adjacent to an activating group) is 1. The predicted molar refractivity (Wildman–Crippen MR) is 67.6 cm³/mol. The molecule has 0 bridgehead atoms. The molecule has 0 spiro atoms. The Bertz CT molecular complexity index is 666. The zero-order valence-electron chi connectivity index (χ0n) is 11.5. The molecular weight excluding hydrogens is 289 g/mol. The van der Waals surface area contributed by atoms with E-state index in [1.165, 1.54) is 17.0 Å². The van der Waals surface area contributed by atoms with E-state index in [0.29, 0.717) is 4.52 Å². The summed E-state index contributed by atoms with van der Waals surface area (Å²) >= 11 is 0. The zero-order valence-corrected chi connectivity index (χ0v) is 11.5. The minimum atomic E-state index is -4.66. The van der Waals surface area contributed by atoms with Gasteiger partial charge in [-0.3, -0.25) is 4.79 Å². The minimum absolute atomic E-state index is 0.0283. The van der Waals surface area contributed by atoms with Gasteiger partial charge in [-0.25, -0.2) is 0 Å². The van der Waals surface area contributed by atoms with Crippen LogP contribution in [0.1, 0.15) is 12.7 Å². The average Bonchev–Trinajstić information content (AvgIpc) is 2.80. The predicted octanol–water partition coefficient (Wildman–Crippen LogP) is 1.03. The number of nitrogens with one attached hydrogen (secondary N) is 1. The molecule has 0 unspecified atom stereocenters. The number of rotatable bonds is 3. The first-order valence-corrected chi connectivity index (χ1v) is 5.97. The van der Waals surface area contributed by atoms with Crippen LogP contribution in [0.15, 0.2) is 12.1 Å². The molecule has 114 valence electrons. The number of nitrogens with zero attached hydrogens (tertiary/aromatic N) is 5. The monoisotopic (exact) mass is 302 g/mol. The van der Waals surface area contributed by atoms with Crippen LogP contribution in [-0.4, -0.2) is 50.8 Å². The largest absolute Gasteiger partial charge is 0.453 e. The molecule has 0 aliphatic heterocycles. The van der Waals surface area contributed by atoms with E-state index in [0.717, 1.165) is 0 Å². The number of aromatic nitrogens is 4. The van der Waals surface area contributed by atoms with Crippen molar-refractivity contribution in [2.75, 3.05) is 19.4 Å². The highest BCUT2D eigenvalue weighted by Crippen LogP contribution is 2.27. The van der Waals surface area contributed by atoms with E-state index in [9.17, 15) is 18.0 Å². The van der Waals surface area contributed by atoms with Crippen LogP contribution in [0.4, 0.5) is 19.0 Å². The molecule has 0 aliphatic carbocycles. The average molecular weight is 302 g/mol. The summed E-state index contributed by atoms with van der Waals surface area (Å²) < 4.78 is 38.8. The SMILES string of the molecule is C[C@H](Nc1ccc2nnc(C(F)(F)F)n2n1)C(=O)N(C)C. The molecule has 10 heteroatoms.